The summed E-state index contributed by atoms with van der Waals surface area (Å²) in [4.78, 5) is 22.6. The summed E-state index contributed by atoms with van der Waals surface area (Å²) in [5, 5.41) is 3.31. The molecule has 1 aromatic carbocycles. The van der Waals surface area contributed by atoms with Crippen LogP contribution in [-0.2, 0) is 4.79 Å². The highest BCUT2D eigenvalue weighted by atomic mass is 16.2. The number of nitrogens with zero attached hydrogens (tertiary/aromatic N) is 3. The van der Waals surface area contributed by atoms with Gasteiger partial charge in [0.15, 0.2) is 0 Å². The van der Waals surface area contributed by atoms with Crippen LogP contribution in [0, 0.1) is 5.92 Å². The molecule has 1 aromatic heterocycles. The summed E-state index contributed by atoms with van der Waals surface area (Å²) in [7, 11) is 0. The minimum absolute atomic E-state index is 0.165. The highest BCUT2D eigenvalue weighted by molar-refractivity contribution is 5.95. The molecule has 6 nitrogen and oxygen atoms in total. The number of nitrogen functional groups attached to an aromatic ring is 1. The van der Waals surface area contributed by atoms with Crippen LogP contribution in [-0.4, -0.2) is 29.0 Å². The van der Waals surface area contributed by atoms with E-state index in [2.05, 4.69) is 29.1 Å². The van der Waals surface area contributed by atoms with Crippen molar-refractivity contribution >= 4 is 23.4 Å². The van der Waals surface area contributed by atoms with Crippen molar-refractivity contribution in [1.82, 2.24) is 9.97 Å². The van der Waals surface area contributed by atoms with E-state index in [4.69, 9.17) is 5.73 Å². The Hall–Kier alpha value is -2.63. The van der Waals surface area contributed by atoms with Crippen molar-refractivity contribution in [3.63, 3.8) is 0 Å². The minimum Gasteiger partial charge on any atom is -0.370 e. The largest absolute Gasteiger partial charge is 0.370 e. The number of para-hydroxylation sites is 1. The van der Waals surface area contributed by atoms with Crippen molar-refractivity contribution in [2.24, 2.45) is 5.92 Å². The standard InChI is InChI=1S/C18H23N5O/c1-12(2)15-9-16(22-18(19)21-15)20-10-13-8-17(24)23(11-13)14-6-4-3-5-7-14/h3-7,9,12-13H,8,10-11H2,1-2H3,(H3,19,20,21,22)/t13-/m1/s1. The number of amides is 1. The molecule has 0 saturated carbocycles. The summed E-state index contributed by atoms with van der Waals surface area (Å²) in [6.07, 6.45) is 0.541. The number of hydrogen-bond donors (Lipinski definition) is 2. The molecular formula is C18H23N5O. The number of anilines is 3. The average Bonchev–Trinajstić information content (AvgIpc) is 2.94. The normalized spacial score (nSPS) is 17.5. The second-order valence-electron chi connectivity index (χ2n) is 6.48. The average molecular weight is 325 g/mol. The summed E-state index contributed by atoms with van der Waals surface area (Å²) in [5.74, 6) is 1.70. The van der Waals surface area contributed by atoms with Crippen molar-refractivity contribution in [1.29, 1.82) is 0 Å². The fourth-order valence-electron chi connectivity index (χ4n) is 2.90. The molecule has 1 aliphatic heterocycles. The van der Waals surface area contributed by atoms with Crippen LogP contribution in [0.5, 0.6) is 0 Å². The summed E-state index contributed by atoms with van der Waals surface area (Å²) >= 11 is 0. The maximum atomic E-state index is 12.2. The lowest BCUT2D eigenvalue weighted by Gasteiger charge is -2.17. The van der Waals surface area contributed by atoms with Gasteiger partial charge in [0.05, 0.1) is 5.69 Å². The van der Waals surface area contributed by atoms with Gasteiger partial charge in [0.25, 0.3) is 0 Å². The molecule has 0 aliphatic carbocycles. The molecular weight excluding hydrogens is 302 g/mol. The van der Waals surface area contributed by atoms with Gasteiger partial charge in [0.1, 0.15) is 5.82 Å². The lowest BCUT2D eigenvalue weighted by atomic mass is 10.1. The third-order valence-corrected chi connectivity index (χ3v) is 4.20. The summed E-state index contributed by atoms with van der Waals surface area (Å²) in [5.41, 5.74) is 7.65. The second-order valence-corrected chi connectivity index (χ2v) is 6.48. The lowest BCUT2D eigenvalue weighted by molar-refractivity contribution is -0.117. The maximum absolute atomic E-state index is 12.2. The van der Waals surface area contributed by atoms with Crippen molar-refractivity contribution < 1.29 is 4.79 Å². The minimum atomic E-state index is 0.165. The fraction of sp³-hybridized carbons (Fsp3) is 0.389. The zero-order valence-electron chi connectivity index (χ0n) is 14.1. The Morgan fingerprint density at radius 3 is 2.75 bits per heavy atom. The van der Waals surface area contributed by atoms with Crippen LogP contribution in [0.3, 0.4) is 0 Å². The Bertz CT molecular complexity index is 717. The van der Waals surface area contributed by atoms with E-state index in [1.807, 2.05) is 41.3 Å². The second kappa shape index (κ2) is 6.86. The summed E-state index contributed by atoms with van der Waals surface area (Å²) < 4.78 is 0. The first-order chi connectivity index (χ1) is 11.5. The van der Waals surface area contributed by atoms with E-state index < -0.39 is 0 Å². The van der Waals surface area contributed by atoms with Crippen molar-refractivity contribution in [2.75, 3.05) is 29.0 Å². The Labute approximate surface area is 142 Å². The summed E-state index contributed by atoms with van der Waals surface area (Å²) in [6.45, 7) is 5.54. The number of benzene rings is 1. The van der Waals surface area contributed by atoms with Crippen LogP contribution in [0.2, 0.25) is 0 Å². The number of carbonyl (C=O) groups excluding carboxylic acids is 1. The van der Waals surface area contributed by atoms with Gasteiger partial charge in [0.2, 0.25) is 11.9 Å². The summed E-state index contributed by atoms with van der Waals surface area (Å²) in [6, 6.07) is 11.7. The molecule has 1 aliphatic rings. The van der Waals surface area contributed by atoms with E-state index in [1.54, 1.807) is 0 Å². The van der Waals surface area contributed by atoms with Crippen molar-refractivity contribution in [3.05, 3.63) is 42.1 Å². The molecule has 0 spiro atoms. The molecule has 1 atom stereocenters. The molecule has 0 radical (unpaired) electrons. The molecule has 0 bridgehead atoms. The van der Waals surface area contributed by atoms with Gasteiger partial charge in [-0.1, -0.05) is 32.0 Å². The molecule has 1 amide bonds. The molecule has 1 saturated heterocycles. The Morgan fingerprint density at radius 1 is 1.29 bits per heavy atom. The smallest absolute Gasteiger partial charge is 0.227 e. The number of aromatic nitrogens is 2. The van der Waals surface area contributed by atoms with Gasteiger partial charge < -0.3 is 16.0 Å². The third kappa shape index (κ3) is 3.64. The molecule has 6 heteroatoms. The van der Waals surface area contributed by atoms with Gasteiger partial charge in [-0.2, -0.15) is 4.98 Å². The van der Waals surface area contributed by atoms with Crippen LogP contribution in [0.15, 0.2) is 36.4 Å². The van der Waals surface area contributed by atoms with Crippen LogP contribution < -0.4 is 16.0 Å². The Morgan fingerprint density at radius 2 is 2.04 bits per heavy atom. The monoisotopic (exact) mass is 325 g/mol. The topological polar surface area (TPSA) is 84.1 Å². The van der Waals surface area contributed by atoms with E-state index >= 15 is 0 Å². The molecule has 2 aromatic rings. The Kier molecular flexibility index (Phi) is 4.64. The van der Waals surface area contributed by atoms with E-state index in [-0.39, 0.29) is 23.7 Å². The van der Waals surface area contributed by atoms with Crippen LogP contribution in [0.1, 0.15) is 31.9 Å². The van der Waals surface area contributed by atoms with E-state index in [1.165, 1.54) is 0 Å². The molecule has 2 heterocycles. The molecule has 126 valence electrons. The van der Waals surface area contributed by atoms with Gasteiger partial charge in [-0.15, -0.1) is 0 Å². The number of carbonyl (C=O) groups is 1. The van der Waals surface area contributed by atoms with Crippen LogP contribution >= 0.6 is 0 Å². The first-order valence-corrected chi connectivity index (χ1v) is 8.26. The number of rotatable bonds is 5. The maximum Gasteiger partial charge on any atom is 0.227 e. The van der Waals surface area contributed by atoms with E-state index in [0.717, 1.165) is 17.2 Å². The highest BCUT2D eigenvalue weighted by Crippen LogP contribution is 2.25. The highest BCUT2D eigenvalue weighted by Gasteiger charge is 2.30. The predicted molar refractivity (Wildman–Crippen MR) is 95.9 cm³/mol. The van der Waals surface area contributed by atoms with Gasteiger partial charge >= 0.3 is 0 Å². The number of nitrogens with one attached hydrogen (secondary N) is 1. The fourth-order valence-corrected chi connectivity index (χ4v) is 2.90. The molecule has 24 heavy (non-hydrogen) atoms. The Balaban J connectivity index is 1.63. The molecule has 0 unspecified atom stereocenters. The first-order valence-electron chi connectivity index (χ1n) is 8.26. The van der Waals surface area contributed by atoms with Gasteiger partial charge in [-0.05, 0) is 18.1 Å². The molecule has 3 N–H and O–H groups in total. The van der Waals surface area contributed by atoms with Crippen molar-refractivity contribution in [2.45, 2.75) is 26.2 Å². The quantitative estimate of drug-likeness (QED) is 0.883. The third-order valence-electron chi connectivity index (χ3n) is 4.20. The predicted octanol–water partition coefficient (Wildman–Crippen LogP) is 2.65. The van der Waals surface area contributed by atoms with E-state index in [9.17, 15) is 4.79 Å². The number of nitrogens with two attached hydrogens (primary N) is 1. The molecule has 1 fully saturated rings. The van der Waals surface area contributed by atoms with Gasteiger partial charge in [-0.25, -0.2) is 4.98 Å². The lowest BCUT2D eigenvalue weighted by Crippen LogP contribution is -2.25. The first kappa shape index (κ1) is 16.2. The van der Waals surface area contributed by atoms with Gasteiger partial charge in [0, 0.05) is 37.2 Å². The zero-order chi connectivity index (χ0) is 17.1. The van der Waals surface area contributed by atoms with Crippen LogP contribution in [0.25, 0.3) is 0 Å². The van der Waals surface area contributed by atoms with Crippen molar-refractivity contribution in [3.8, 4) is 0 Å². The van der Waals surface area contributed by atoms with Gasteiger partial charge in [-0.3, -0.25) is 4.79 Å². The SMILES string of the molecule is CC(C)c1cc(NC[C@H]2CC(=O)N(c3ccccc3)C2)nc(N)n1. The van der Waals surface area contributed by atoms with Crippen LogP contribution in [0.4, 0.5) is 17.5 Å². The van der Waals surface area contributed by atoms with E-state index in [0.29, 0.717) is 19.5 Å². The number of hydrogen-bond acceptors (Lipinski definition) is 5. The molecule has 3 rings (SSSR count). The zero-order valence-corrected chi connectivity index (χ0v) is 14.1.